The van der Waals surface area contributed by atoms with E-state index in [1.807, 2.05) is 13.8 Å². The molecular weight excluding hydrogens is 368 g/mol. The second-order valence-electron chi connectivity index (χ2n) is 6.77. The fraction of sp³-hybridized carbons (Fsp3) is 0.400. The monoisotopic (exact) mass is 389 g/mol. The summed E-state index contributed by atoms with van der Waals surface area (Å²) in [6, 6.07) is 5.76. The standard InChI is InChI=1S/C20H21F2N3OS/c1-12-13(2)25(15-5-3-4-6-15)20(16(12)10-23)24-19(26)11-27-18-8-7-14(21)9-17(18)22/h7-9,15H,3-6,11H2,1-2H3,(H,24,26). The molecule has 1 saturated carbocycles. The minimum absolute atomic E-state index is 0.0264. The third kappa shape index (κ3) is 4.01. The minimum atomic E-state index is -0.688. The van der Waals surface area contributed by atoms with Crippen LogP contribution in [0.5, 0.6) is 0 Å². The van der Waals surface area contributed by atoms with Crippen molar-refractivity contribution in [2.75, 3.05) is 11.1 Å². The van der Waals surface area contributed by atoms with Crippen LogP contribution in [0.2, 0.25) is 0 Å². The highest BCUT2D eigenvalue weighted by atomic mass is 32.2. The predicted molar refractivity (Wildman–Crippen MR) is 102 cm³/mol. The van der Waals surface area contributed by atoms with Crippen LogP contribution in [0.3, 0.4) is 0 Å². The molecule has 1 N–H and O–H groups in total. The number of amides is 1. The Morgan fingerprint density at radius 2 is 2.04 bits per heavy atom. The Bertz CT molecular complexity index is 911. The van der Waals surface area contributed by atoms with Gasteiger partial charge in [-0.1, -0.05) is 12.8 Å². The smallest absolute Gasteiger partial charge is 0.235 e. The van der Waals surface area contributed by atoms with Gasteiger partial charge in [-0.3, -0.25) is 4.79 Å². The first-order valence-electron chi connectivity index (χ1n) is 8.91. The van der Waals surface area contributed by atoms with Crippen LogP contribution in [-0.4, -0.2) is 16.2 Å². The number of hydrogen-bond acceptors (Lipinski definition) is 3. The summed E-state index contributed by atoms with van der Waals surface area (Å²) in [5, 5.41) is 12.4. The fourth-order valence-electron chi connectivity index (χ4n) is 3.61. The molecular formula is C20H21F2N3OS. The van der Waals surface area contributed by atoms with Gasteiger partial charge in [-0.2, -0.15) is 5.26 Å². The number of benzene rings is 1. The van der Waals surface area contributed by atoms with Gasteiger partial charge in [0, 0.05) is 22.7 Å². The Kier molecular flexibility index (Phi) is 5.85. The van der Waals surface area contributed by atoms with Crippen molar-refractivity contribution in [1.29, 1.82) is 5.26 Å². The molecule has 0 spiro atoms. The molecule has 0 bridgehead atoms. The fourth-order valence-corrected chi connectivity index (χ4v) is 4.33. The van der Waals surface area contributed by atoms with E-state index in [0.29, 0.717) is 11.4 Å². The SMILES string of the molecule is Cc1c(C#N)c(NC(=O)CSc2ccc(F)cc2F)n(C2CCCC2)c1C. The molecule has 0 saturated heterocycles. The van der Waals surface area contributed by atoms with Crippen molar-refractivity contribution in [2.45, 2.75) is 50.5 Å². The molecule has 1 amide bonds. The zero-order chi connectivity index (χ0) is 19.6. The Labute approximate surface area is 161 Å². The van der Waals surface area contributed by atoms with Gasteiger partial charge in [0.25, 0.3) is 0 Å². The third-order valence-corrected chi connectivity index (χ3v) is 6.12. The lowest BCUT2D eigenvalue weighted by Crippen LogP contribution is -2.19. The molecule has 1 fully saturated rings. The van der Waals surface area contributed by atoms with Crippen LogP contribution in [0.1, 0.15) is 48.5 Å². The first-order chi connectivity index (χ1) is 12.9. The summed E-state index contributed by atoms with van der Waals surface area (Å²) in [7, 11) is 0. The number of halogens is 2. The van der Waals surface area contributed by atoms with Crippen molar-refractivity contribution in [3.8, 4) is 6.07 Å². The molecule has 0 unspecified atom stereocenters. The van der Waals surface area contributed by atoms with Crippen LogP contribution in [0.25, 0.3) is 0 Å². The van der Waals surface area contributed by atoms with Crippen LogP contribution in [0.4, 0.5) is 14.6 Å². The van der Waals surface area contributed by atoms with Crippen molar-refractivity contribution >= 4 is 23.5 Å². The number of nitriles is 1. The van der Waals surface area contributed by atoms with E-state index in [1.165, 1.54) is 6.07 Å². The van der Waals surface area contributed by atoms with E-state index in [4.69, 9.17) is 0 Å². The van der Waals surface area contributed by atoms with Gasteiger partial charge in [-0.15, -0.1) is 11.8 Å². The molecule has 1 heterocycles. The molecule has 0 aliphatic heterocycles. The molecule has 142 valence electrons. The van der Waals surface area contributed by atoms with E-state index >= 15 is 0 Å². The zero-order valence-corrected chi connectivity index (χ0v) is 16.1. The van der Waals surface area contributed by atoms with Gasteiger partial charge in [0.05, 0.1) is 11.3 Å². The highest BCUT2D eigenvalue weighted by molar-refractivity contribution is 8.00. The number of nitrogens with zero attached hydrogens (tertiary/aromatic N) is 2. The van der Waals surface area contributed by atoms with Crippen molar-refractivity contribution in [3.63, 3.8) is 0 Å². The van der Waals surface area contributed by atoms with Crippen molar-refractivity contribution in [3.05, 3.63) is 46.7 Å². The second-order valence-corrected chi connectivity index (χ2v) is 7.78. The molecule has 1 aromatic heterocycles. The molecule has 1 aromatic carbocycles. The number of hydrogen-bond donors (Lipinski definition) is 1. The van der Waals surface area contributed by atoms with Crippen LogP contribution < -0.4 is 5.32 Å². The van der Waals surface area contributed by atoms with Gasteiger partial charge in [0.2, 0.25) is 5.91 Å². The molecule has 0 atom stereocenters. The van der Waals surface area contributed by atoms with Gasteiger partial charge in [0.15, 0.2) is 0 Å². The zero-order valence-electron chi connectivity index (χ0n) is 15.3. The third-order valence-electron chi connectivity index (χ3n) is 5.07. The molecule has 0 radical (unpaired) electrons. The molecule has 2 aromatic rings. The van der Waals surface area contributed by atoms with E-state index in [0.717, 1.165) is 60.8 Å². The van der Waals surface area contributed by atoms with Gasteiger partial charge in [0.1, 0.15) is 23.5 Å². The van der Waals surface area contributed by atoms with Crippen LogP contribution in [-0.2, 0) is 4.79 Å². The summed E-state index contributed by atoms with van der Waals surface area (Å²) < 4.78 is 28.8. The Morgan fingerprint density at radius 1 is 1.33 bits per heavy atom. The number of carbonyl (C=O) groups is 1. The summed E-state index contributed by atoms with van der Waals surface area (Å²) in [6.45, 7) is 3.85. The molecule has 27 heavy (non-hydrogen) atoms. The van der Waals surface area contributed by atoms with Crippen molar-refractivity contribution in [1.82, 2.24) is 4.57 Å². The highest BCUT2D eigenvalue weighted by Crippen LogP contribution is 2.37. The molecule has 1 aliphatic carbocycles. The average Bonchev–Trinajstić information content (AvgIpc) is 3.22. The van der Waals surface area contributed by atoms with Gasteiger partial charge in [-0.05, 0) is 44.4 Å². The van der Waals surface area contributed by atoms with Crippen LogP contribution >= 0.6 is 11.8 Å². The maximum atomic E-state index is 13.7. The molecule has 3 rings (SSSR count). The lowest BCUT2D eigenvalue weighted by atomic mass is 10.2. The Balaban J connectivity index is 1.79. The second kappa shape index (κ2) is 8.13. The first-order valence-corrected chi connectivity index (χ1v) is 9.90. The maximum absolute atomic E-state index is 13.7. The number of anilines is 1. The number of nitrogens with one attached hydrogen (secondary N) is 1. The molecule has 4 nitrogen and oxygen atoms in total. The number of aromatic nitrogens is 1. The summed E-state index contributed by atoms with van der Waals surface area (Å²) in [5.74, 6) is -1.16. The summed E-state index contributed by atoms with van der Waals surface area (Å²) in [4.78, 5) is 12.7. The molecule has 1 aliphatic rings. The van der Waals surface area contributed by atoms with E-state index in [9.17, 15) is 18.8 Å². The Morgan fingerprint density at radius 3 is 2.67 bits per heavy atom. The summed E-state index contributed by atoms with van der Waals surface area (Å²) in [6.07, 6.45) is 4.32. The highest BCUT2D eigenvalue weighted by Gasteiger charge is 2.26. The van der Waals surface area contributed by atoms with Crippen molar-refractivity contribution < 1.29 is 13.6 Å². The number of thioether (sulfide) groups is 1. The van der Waals surface area contributed by atoms with E-state index in [1.54, 1.807) is 0 Å². The summed E-state index contributed by atoms with van der Waals surface area (Å²) in [5.41, 5.74) is 2.34. The maximum Gasteiger partial charge on any atom is 0.235 e. The lowest BCUT2D eigenvalue weighted by molar-refractivity contribution is -0.113. The van der Waals surface area contributed by atoms with E-state index < -0.39 is 11.6 Å². The minimum Gasteiger partial charge on any atom is -0.327 e. The van der Waals surface area contributed by atoms with Gasteiger partial charge >= 0.3 is 0 Å². The number of carbonyl (C=O) groups excluding carboxylic acids is 1. The predicted octanol–water partition coefficient (Wildman–Crippen LogP) is 5.10. The quantitative estimate of drug-likeness (QED) is 0.724. The van der Waals surface area contributed by atoms with Crippen molar-refractivity contribution in [2.24, 2.45) is 0 Å². The van der Waals surface area contributed by atoms with Gasteiger partial charge < -0.3 is 9.88 Å². The molecule has 7 heteroatoms. The normalized spacial score (nSPS) is 14.3. The van der Waals surface area contributed by atoms with Crippen LogP contribution in [0, 0.1) is 36.8 Å². The lowest BCUT2D eigenvalue weighted by Gasteiger charge is -2.19. The average molecular weight is 389 g/mol. The number of rotatable bonds is 5. The largest absolute Gasteiger partial charge is 0.327 e. The van der Waals surface area contributed by atoms with Gasteiger partial charge in [-0.25, -0.2) is 8.78 Å². The Hall–Kier alpha value is -2.33. The topological polar surface area (TPSA) is 57.8 Å². The van der Waals surface area contributed by atoms with E-state index in [2.05, 4.69) is 16.0 Å². The summed E-state index contributed by atoms with van der Waals surface area (Å²) >= 11 is 1.000. The first kappa shape index (κ1) is 19.4. The van der Waals surface area contributed by atoms with Crippen LogP contribution in [0.15, 0.2) is 23.1 Å². The van der Waals surface area contributed by atoms with E-state index in [-0.39, 0.29) is 22.6 Å².